The molecule has 0 spiro atoms. The van der Waals surface area contributed by atoms with Crippen LogP contribution in [0.25, 0.3) is 21.7 Å². The highest BCUT2D eigenvalue weighted by atomic mass is 32.2. The van der Waals surface area contributed by atoms with E-state index in [1.807, 2.05) is 30.3 Å². The number of hydrogen-bond acceptors (Lipinski definition) is 5. The molecule has 0 aliphatic carbocycles. The Morgan fingerprint density at radius 2 is 1.79 bits per heavy atom. The Morgan fingerprint density at radius 3 is 2.59 bits per heavy atom. The molecule has 3 aromatic carbocycles. The Balaban J connectivity index is 1.75. The number of ether oxygens (including phenoxy) is 1. The predicted molar refractivity (Wildman–Crippen MR) is 112 cm³/mol. The molecule has 0 radical (unpaired) electrons. The fraction of sp³-hybridized carbons (Fsp3) is 0.136. The lowest BCUT2D eigenvalue weighted by Crippen LogP contribution is -2.13. The number of aryl methyl sites for hydroxylation is 1. The highest BCUT2D eigenvalue weighted by Gasteiger charge is 2.22. The van der Waals surface area contributed by atoms with Crippen molar-refractivity contribution in [3.63, 3.8) is 0 Å². The molecule has 0 amide bonds. The second kappa shape index (κ2) is 7.25. The quantitative estimate of drug-likeness (QED) is 0.475. The minimum atomic E-state index is -3.84. The van der Waals surface area contributed by atoms with Crippen molar-refractivity contribution in [3.05, 3.63) is 72.0 Å². The van der Waals surface area contributed by atoms with Gasteiger partial charge in [-0.25, -0.2) is 13.2 Å². The molecule has 4 aromatic rings. The predicted octanol–water partition coefficient (Wildman–Crippen LogP) is 4.87. The van der Waals surface area contributed by atoms with Crippen LogP contribution in [0.15, 0.2) is 70.0 Å². The summed E-state index contributed by atoms with van der Waals surface area (Å²) in [6, 6.07) is 17.5. The van der Waals surface area contributed by atoms with Crippen LogP contribution < -0.4 is 4.72 Å². The zero-order chi connectivity index (χ0) is 20.6. The van der Waals surface area contributed by atoms with Crippen LogP contribution in [0.5, 0.6) is 0 Å². The van der Waals surface area contributed by atoms with Crippen LogP contribution in [0.2, 0.25) is 0 Å². The molecular weight excluding hydrogens is 390 g/mol. The van der Waals surface area contributed by atoms with E-state index in [2.05, 4.69) is 4.72 Å². The molecule has 0 aliphatic rings. The first kappa shape index (κ1) is 19.0. The molecule has 148 valence electrons. The number of nitrogens with one attached hydrogen (secondary N) is 1. The van der Waals surface area contributed by atoms with Gasteiger partial charge in [0, 0.05) is 16.3 Å². The van der Waals surface area contributed by atoms with Crippen molar-refractivity contribution in [2.75, 3.05) is 11.3 Å². The van der Waals surface area contributed by atoms with Gasteiger partial charge in [-0.15, -0.1) is 0 Å². The summed E-state index contributed by atoms with van der Waals surface area (Å²) in [6.07, 6.45) is 0. The number of hydrogen-bond donors (Lipinski definition) is 1. The third-order valence-corrected chi connectivity index (χ3v) is 6.08. The van der Waals surface area contributed by atoms with E-state index in [4.69, 9.17) is 9.15 Å². The number of sulfonamides is 1. The minimum absolute atomic E-state index is 0.0808. The fourth-order valence-electron chi connectivity index (χ4n) is 3.28. The maximum absolute atomic E-state index is 13.0. The summed E-state index contributed by atoms with van der Waals surface area (Å²) in [5.41, 5.74) is 1.47. The van der Waals surface area contributed by atoms with Gasteiger partial charge < -0.3 is 9.15 Å². The van der Waals surface area contributed by atoms with Crippen molar-refractivity contribution in [3.8, 4) is 0 Å². The molecule has 7 heteroatoms. The number of anilines is 1. The van der Waals surface area contributed by atoms with Gasteiger partial charge in [0.1, 0.15) is 5.58 Å². The molecular formula is C22H19NO5S. The van der Waals surface area contributed by atoms with Crippen LogP contribution in [-0.2, 0) is 14.8 Å². The molecule has 6 nitrogen and oxygen atoms in total. The van der Waals surface area contributed by atoms with Gasteiger partial charge in [0.2, 0.25) is 5.76 Å². The molecule has 0 aliphatic heterocycles. The van der Waals surface area contributed by atoms with Crippen LogP contribution in [-0.4, -0.2) is 21.0 Å². The van der Waals surface area contributed by atoms with Gasteiger partial charge in [-0.05, 0) is 43.5 Å². The maximum Gasteiger partial charge on any atom is 0.374 e. The number of rotatable bonds is 5. The van der Waals surface area contributed by atoms with Crippen LogP contribution in [0.1, 0.15) is 23.0 Å². The zero-order valence-corrected chi connectivity index (χ0v) is 16.7. The summed E-state index contributed by atoms with van der Waals surface area (Å²) in [7, 11) is -3.84. The molecule has 0 fully saturated rings. The summed E-state index contributed by atoms with van der Waals surface area (Å²) in [5, 5.41) is 2.30. The molecule has 0 bridgehead atoms. The molecule has 4 rings (SSSR count). The van der Waals surface area contributed by atoms with Crippen molar-refractivity contribution in [1.29, 1.82) is 0 Å². The standard InChI is InChI=1S/C22H19NO5S/c1-3-27-22(24)21-14(2)18-13-16(11-12-20(18)28-21)29(25,26)23-19-10-6-8-15-7-4-5-9-17(15)19/h4-13,23H,3H2,1-2H3. The van der Waals surface area contributed by atoms with Gasteiger partial charge >= 0.3 is 5.97 Å². The highest BCUT2D eigenvalue weighted by Crippen LogP contribution is 2.30. The molecule has 0 unspecified atom stereocenters. The second-order valence-corrected chi connectivity index (χ2v) is 8.25. The van der Waals surface area contributed by atoms with Gasteiger partial charge in [0.15, 0.2) is 0 Å². The van der Waals surface area contributed by atoms with Gasteiger partial charge in [0.05, 0.1) is 17.2 Å². The maximum atomic E-state index is 13.0. The topological polar surface area (TPSA) is 85.6 Å². The number of esters is 1. The average Bonchev–Trinajstić information content (AvgIpc) is 3.04. The lowest BCUT2D eigenvalue weighted by atomic mass is 10.1. The summed E-state index contributed by atoms with van der Waals surface area (Å²) in [6.45, 7) is 3.63. The average molecular weight is 409 g/mol. The van der Waals surface area contributed by atoms with Crippen molar-refractivity contribution in [2.45, 2.75) is 18.7 Å². The van der Waals surface area contributed by atoms with Crippen molar-refractivity contribution < 1.29 is 22.4 Å². The Bertz CT molecular complexity index is 1330. The molecule has 1 N–H and O–H groups in total. The first-order chi connectivity index (χ1) is 13.9. The van der Waals surface area contributed by atoms with Crippen molar-refractivity contribution in [1.82, 2.24) is 0 Å². The van der Waals surface area contributed by atoms with Crippen molar-refractivity contribution >= 4 is 43.4 Å². The largest absolute Gasteiger partial charge is 0.460 e. The monoisotopic (exact) mass is 409 g/mol. The van der Waals surface area contributed by atoms with E-state index in [1.54, 1.807) is 32.0 Å². The molecule has 1 heterocycles. The number of furan rings is 1. The number of benzene rings is 3. The summed E-state index contributed by atoms with van der Waals surface area (Å²) in [5.74, 6) is -0.488. The Hall–Kier alpha value is -3.32. The molecule has 0 atom stereocenters. The smallest absolute Gasteiger partial charge is 0.374 e. The van der Waals surface area contributed by atoms with Crippen molar-refractivity contribution in [2.24, 2.45) is 0 Å². The highest BCUT2D eigenvalue weighted by molar-refractivity contribution is 7.92. The van der Waals surface area contributed by atoms with E-state index in [1.165, 1.54) is 12.1 Å². The lowest BCUT2D eigenvalue weighted by molar-refractivity contribution is 0.0491. The van der Waals surface area contributed by atoms with Crippen LogP contribution >= 0.6 is 0 Å². The van der Waals surface area contributed by atoms with Gasteiger partial charge in [-0.3, -0.25) is 4.72 Å². The zero-order valence-electron chi connectivity index (χ0n) is 15.9. The van der Waals surface area contributed by atoms with Gasteiger partial charge in [0.25, 0.3) is 10.0 Å². The van der Waals surface area contributed by atoms with Crippen LogP contribution in [0.3, 0.4) is 0 Å². The summed E-state index contributed by atoms with van der Waals surface area (Å²) >= 11 is 0. The normalized spacial score (nSPS) is 11.7. The first-order valence-corrected chi connectivity index (χ1v) is 10.6. The molecule has 0 saturated carbocycles. The third kappa shape index (κ3) is 3.45. The van der Waals surface area contributed by atoms with Gasteiger partial charge in [-0.2, -0.15) is 0 Å². The van der Waals surface area contributed by atoms with E-state index in [0.29, 0.717) is 22.2 Å². The van der Waals surface area contributed by atoms with Crippen LogP contribution in [0, 0.1) is 6.92 Å². The molecule has 29 heavy (non-hydrogen) atoms. The number of carbonyl (C=O) groups excluding carboxylic acids is 1. The van der Waals surface area contributed by atoms with E-state index in [-0.39, 0.29) is 17.3 Å². The first-order valence-electron chi connectivity index (χ1n) is 9.11. The Kier molecular flexibility index (Phi) is 4.76. The molecule has 1 aromatic heterocycles. The van der Waals surface area contributed by atoms with Crippen LogP contribution in [0.4, 0.5) is 5.69 Å². The lowest BCUT2D eigenvalue weighted by Gasteiger charge is -2.11. The third-order valence-electron chi connectivity index (χ3n) is 4.71. The number of carbonyl (C=O) groups is 1. The van der Waals surface area contributed by atoms with E-state index >= 15 is 0 Å². The Labute approximate surface area is 168 Å². The van der Waals surface area contributed by atoms with E-state index in [9.17, 15) is 13.2 Å². The van der Waals surface area contributed by atoms with E-state index < -0.39 is 16.0 Å². The summed E-state index contributed by atoms with van der Waals surface area (Å²) in [4.78, 5) is 12.1. The SMILES string of the molecule is CCOC(=O)c1oc2ccc(S(=O)(=O)Nc3cccc4ccccc34)cc2c1C. The molecule has 0 saturated heterocycles. The second-order valence-electron chi connectivity index (χ2n) is 6.57. The van der Waals surface area contributed by atoms with Gasteiger partial charge in [-0.1, -0.05) is 36.4 Å². The minimum Gasteiger partial charge on any atom is -0.460 e. The number of fused-ring (bicyclic) bond motifs is 2. The van der Waals surface area contributed by atoms with E-state index in [0.717, 1.165) is 10.8 Å². The fourth-order valence-corrected chi connectivity index (χ4v) is 4.38. The summed E-state index contributed by atoms with van der Waals surface area (Å²) < 4.78 is 39.2. The Morgan fingerprint density at radius 1 is 1.03 bits per heavy atom.